The highest BCUT2D eigenvalue weighted by Crippen LogP contribution is 2.52. The number of pyridine rings is 1. The van der Waals surface area contributed by atoms with E-state index in [1.165, 1.54) is 0 Å². The summed E-state index contributed by atoms with van der Waals surface area (Å²) >= 11 is 6.10. The Balaban J connectivity index is 2.04. The van der Waals surface area contributed by atoms with E-state index in [0.717, 1.165) is 38.8 Å². The van der Waals surface area contributed by atoms with Crippen LogP contribution in [0.1, 0.15) is 39.5 Å². The van der Waals surface area contributed by atoms with E-state index in [0.29, 0.717) is 23.1 Å². The van der Waals surface area contributed by atoms with E-state index in [1.807, 2.05) is 18.2 Å². The summed E-state index contributed by atoms with van der Waals surface area (Å²) < 4.78 is 26.2. The van der Waals surface area contributed by atoms with Gasteiger partial charge in [-0.2, -0.15) is 9.37 Å². The molecule has 0 bridgehead atoms. The number of unbranched alkanes of at least 4 members (excludes halogenated alkanes) is 2. The van der Waals surface area contributed by atoms with E-state index in [9.17, 15) is 4.39 Å². The van der Waals surface area contributed by atoms with Crippen LogP contribution in [0.4, 0.5) is 10.2 Å². The quantitative estimate of drug-likeness (QED) is 0.469. The van der Waals surface area contributed by atoms with Crippen LogP contribution in [0.5, 0.6) is 23.0 Å². The van der Waals surface area contributed by atoms with Crippen molar-refractivity contribution < 1.29 is 13.9 Å². The molecule has 4 nitrogen and oxygen atoms in total. The Morgan fingerprint density at radius 2 is 1.56 bits per heavy atom. The van der Waals surface area contributed by atoms with Crippen LogP contribution >= 0.6 is 11.6 Å². The Bertz CT molecular complexity index is 746. The molecule has 0 saturated carbocycles. The Kier molecular flexibility index (Phi) is 5.63. The van der Waals surface area contributed by atoms with Crippen molar-refractivity contribution in [3.8, 4) is 23.0 Å². The molecule has 0 radical (unpaired) electrons. The van der Waals surface area contributed by atoms with Gasteiger partial charge in [0.05, 0.1) is 0 Å². The lowest BCUT2D eigenvalue weighted by Crippen LogP contribution is -2.27. The molecule has 0 aliphatic carbocycles. The molecule has 1 aromatic carbocycles. The van der Waals surface area contributed by atoms with Gasteiger partial charge in [-0.1, -0.05) is 50.4 Å². The van der Waals surface area contributed by atoms with Crippen LogP contribution in [-0.2, 0) is 0 Å². The lowest BCUT2D eigenvalue weighted by Gasteiger charge is -2.29. The number of rotatable bonds is 7. The lowest BCUT2D eigenvalue weighted by atomic mass is 10.2. The number of nitrogens with zero attached hydrogens (tertiary/aromatic N) is 2. The first-order valence-corrected chi connectivity index (χ1v) is 9.12. The van der Waals surface area contributed by atoms with Crippen molar-refractivity contribution in [3.05, 3.63) is 35.2 Å². The van der Waals surface area contributed by atoms with Crippen molar-refractivity contribution in [1.82, 2.24) is 4.98 Å². The van der Waals surface area contributed by atoms with Crippen molar-refractivity contribution in [3.63, 3.8) is 0 Å². The standard InChI is InChI=1S/C19H22ClFN2O2/c1-3-5-11-23(12-6-4-2)19-17-16(15(20)18(21)22-19)24-13-9-7-8-10-14(13)25-17/h7-10H,3-6,11-12H2,1-2H3. The van der Waals surface area contributed by atoms with Crippen LogP contribution in [0, 0.1) is 5.95 Å². The van der Waals surface area contributed by atoms with Gasteiger partial charge in [-0.05, 0) is 25.0 Å². The number of hydrogen-bond acceptors (Lipinski definition) is 4. The molecule has 0 atom stereocenters. The van der Waals surface area contributed by atoms with Gasteiger partial charge >= 0.3 is 0 Å². The zero-order chi connectivity index (χ0) is 17.8. The first-order valence-electron chi connectivity index (χ1n) is 8.74. The highest BCUT2D eigenvalue weighted by atomic mass is 35.5. The second kappa shape index (κ2) is 7.91. The van der Waals surface area contributed by atoms with Crippen LogP contribution in [0.3, 0.4) is 0 Å². The van der Waals surface area contributed by atoms with E-state index in [2.05, 4.69) is 23.7 Å². The van der Waals surface area contributed by atoms with Gasteiger partial charge in [0.2, 0.25) is 11.7 Å². The predicted octanol–water partition coefficient (Wildman–Crippen LogP) is 6.18. The smallest absolute Gasteiger partial charge is 0.237 e. The molecule has 3 rings (SSSR count). The molecule has 2 aromatic rings. The number of halogens is 2. The Labute approximate surface area is 152 Å². The largest absolute Gasteiger partial charge is 0.448 e. The van der Waals surface area contributed by atoms with E-state index in [1.54, 1.807) is 6.07 Å². The Morgan fingerprint density at radius 1 is 1.00 bits per heavy atom. The fourth-order valence-electron chi connectivity index (χ4n) is 2.75. The minimum absolute atomic E-state index is 0.154. The molecule has 1 aliphatic heterocycles. The van der Waals surface area contributed by atoms with Gasteiger partial charge in [-0.3, -0.25) is 0 Å². The second-order valence-electron chi connectivity index (χ2n) is 6.04. The molecule has 0 amide bonds. The van der Waals surface area contributed by atoms with E-state index in [4.69, 9.17) is 21.1 Å². The van der Waals surface area contributed by atoms with Gasteiger partial charge in [0.1, 0.15) is 5.02 Å². The molecule has 1 aromatic heterocycles. The first-order chi connectivity index (χ1) is 12.2. The molecule has 0 spiro atoms. The van der Waals surface area contributed by atoms with Crippen molar-refractivity contribution in [1.29, 1.82) is 0 Å². The fourth-order valence-corrected chi connectivity index (χ4v) is 2.91. The molecule has 0 unspecified atom stereocenters. The van der Waals surface area contributed by atoms with Crippen molar-refractivity contribution in [2.45, 2.75) is 39.5 Å². The van der Waals surface area contributed by atoms with E-state index in [-0.39, 0.29) is 10.8 Å². The van der Waals surface area contributed by atoms with Crippen LogP contribution < -0.4 is 14.4 Å². The molecule has 1 aliphatic rings. The SMILES string of the molecule is CCCCN(CCCC)c1nc(F)c(Cl)c2c1Oc1ccccc1O2. The maximum absolute atomic E-state index is 14.3. The minimum atomic E-state index is -0.739. The highest BCUT2D eigenvalue weighted by Gasteiger charge is 2.30. The molecule has 0 fully saturated rings. The maximum atomic E-state index is 14.3. The maximum Gasteiger partial charge on any atom is 0.237 e. The van der Waals surface area contributed by atoms with Crippen LogP contribution in [0.15, 0.2) is 24.3 Å². The Hall–Kier alpha value is -2.01. The number of hydrogen-bond donors (Lipinski definition) is 0. The van der Waals surface area contributed by atoms with Crippen LogP contribution in [0.2, 0.25) is 5.02 Å². The summed E-state index contributed by atoms with van der Waals surface area (Å²) in [6, 6.07) is 7.26. The van der Waals surface area contributed by atoms with E-state index >= 15 is 0 Å². The number of anilines is 1. The number of benzene rings is 1. The van der Waals surface area contributed by atoms with Gasteiger partial charge in [0, 0.05) is 13.1 Å². The zero-order valence-electron chi connectivity index (χ0n) is 14.5. The summed E-state index contributed by atoms with van der Waals surface area (Å²) in [4.78, 5) is 6.15. The van der Waals surface area contributed by atoms with Gasteiger partial charge in [-0.15, -0.1) is 0 Å². The summed E-state index contributed by atoms with van der Waals surface area (Å²) in [5, 5.41) is -0.154. The third-order valence-corrected chi connectivity index (χ3v) is 4.46. The monoisotopic (exact) mass is 364 g/mol. The molecule has 6 heteroatoms. The predicted molar refractivity (Wildman–Crippen MR) is 97.8 cm³/mol. The molecular formula is C19H22ClFN2O2. The molecule has 0 N–H and O–H groups in total. The van der Waals surface area contributed by atoms with E-state index < -0.39 is 5.95 Å². The van der Waals surface area contributed by atoms with Crippen molar-refractivity contribution in [2.75, 3.05) is 18.0 Å². The first kappa shape index (κ1) is 17.8. The number of fused-ring (bicyclic) bond motifs is 2. The average molecular weight is 365 g/mol. The van der Waals surface area contributed by atoms with Crippen LogP contribution in [0.25, 0.3) is 0 Å². The van der Waals surface area contributed by atoms with Crippen molar-refractivity contribution in [2.24, 2.45) is 0 Å². The number of aromatic nitrogens is 1. The van der Waals surface area contributed by atoms with Crippen molar-refractivity contribution >= 4 is 17.4 Å². The summed E-state index contributed by atoms with van der Waals surface area (Å²) in [5.74, 6) is 1.39. The highest BCUT2D eigenvalue weighted by molar-refractivity contribution is 6.32. The van der Waals surface area contributed by atoms with Gasteiger partial charge in [0.25, 0.3) is 0 Å². The summed E-state index contributed by atoms with van der Waals surface area (Å²) in [6.07, 6.45) is 4.06. The number of ether oxygens (including phenoxy) is 2. The third-order valence-electron chi connectivity index (χ3n) is 4.13. The third kappa shape index (κ3) is 3.66. The minimum Gasteiger partial charge on any atom is -0.448 e. The topological polar surface area (TPSA) is 34.6 Å². The summed E-state index contributed by atoms with van der Waals surface area (Å²) in [7, 11) is 0. The fraction of sp³-hybridized carbons (Fsp3) is 0.421. The normalized spacial score (nSPS) is 12.0. The Morgan fingerprint density at radius 3 is 2.12 bits per heavy atom. The molecular weight excluding hydrogens is 343 g/mol. The molecule has 2 heterocycles. The van der Waals surface area contributed by atoms with Crippen LogP contribution in [-0.4, -0.2) is 18.1 Å². The zero-order valence-corrected chi connectivity index (χ0v) is 15.3. The number of para-hydroxylation sites is 2. The molecule has 134 valence electrons. The average Bonchev–Trinajstić information content (AvgIpc) is 2.64. The summed E-state index contributed by atoms with van der Waals surface area (Å²) in [6.45, 7) is 5.81. The van der Waals surface area contributed by atoms with Gasteiger partial charge in [0.15, 0.2) is 23.1 Å². The molecule has 25 heavy (non-hydrogen) atoms. The molecule has 0 saturated heterocycles. The summed E-state index contributed by atoms with van der Waals surface area (Å²) in [5.41, 5.74) is 0. The van der Waals surface area contributed by atoms with Gasteiger partial charge < -0.3 is 14.4 Å². The lowest BCUT2D eigenvalue weighted by molar-refractivity contribution is 0.353. The second-order valence-corrected chi connectivity index (χ2v) is 6.42. The van der Waals surface area contributed by atoms with Gasteiger partial charge in [-0.25, -0.2) is 0 Å².